The Morgan fingerprint density at radius 2 is 2.12 bits per heavy atom. The Bertz CT molecular complexity index is 811. The first kappa shape index (κ1) is 17.3. The molecule has 7 nitrogen and oxygen atoms in total. The summed E-state index contributed by atoms with van der Waals surface area (Å²) in [5.41, 5.74) is 1.11. The van der Waals surface area contributed by atoms with Crippen LogP contribution in [0.1, 0.15) is 31.9 Å². The van der Waals surface area contributed by atoms with E-state index in [1.807, 2.05) is 0 Å². The van der Waals surface area contributed by atoms with Crippen molar-refractivity contribution in [2.45, 2.75) is 38.8 Å². The highest BCUT2D eigenvalue weighted by atomic mass is 16.6. The molecule has 3 N–H and O–H groups in total. The predicted molar refractivity (Wildman–Crippen MR) is 87.5 cm³/mol. The van der Waals surface area contributed by atoms with E-state index in [0.29, 0.717) is 16.5 Å². The number of H-pyrrole nitrogens is 1. The molecular weight excluding hydrogens is 310 g/mol. The molecule has 0 aliphatic rings. The topological polar surface area (TPSA) is 115 Å². The lowest BCUT2D eigenvalue weighted by molar-refractivity contribution is -0.139. The monoisotopic (exact) mass is 329 g/mol. The smallest absolute Gasteiger partial charge is 0.408 e. The van der Waals surface area contributed by atoms with Crippen LogP contribution in [0.5, 0.6) is 0 Å². The third kappa shape index (κ3) is 4.04. The maximum Gasteiger partial charge on any atom is 0.408 e. The summed E-state index contributed by atoms with van der Waals surface area (Å²) in [5, 5.41) is 21.6. The van der Waals surface area contributed by atoms with Gasteiger partial charge in [-0.05, 0) is 38.5 Å². The molecule has 0 aliphatic heterocycles. The van der Waals surface area contributed by atoms with Gasteiger partial charge in [-0.1, -0.05) is 6.07 Å². The van der Waals surface area contributed by atoms with E-state index in [1.54, 1.807) is 45.2 Å². The molecule has 0 aliphatic carbocycles. The number of amides is 1. The molecule has 1 heterocycles. The molecule has 126 valence electrons. The standard InChI is InChI=1S/C17H19N3O4/c1-17(2,3)24-16(23)20-13(15(21)22)7-11-9-19-12-6-4-5-10(8-18)14(11)12/h4-6,9,13,19H,7H2,1-3H3,(H,20,23)(H,21,22)/t13-/m0/s1. The zero-order chi connectivity index (χ0) is 17.9. The molecule has 0 fully saturated rings. The van der Waals surface area contributed by atoms with Gasteiger partial charge in [0.15, 0.2) is 0 Å². The molecule has 0 unspecified atom stereocenters. The number of benzene rings is 1. The lowest BCUT2D eigenvalue weighted by Crippen LogP contribution is -2.44. The SMILES string of the molecule is CC(C)(C)OC(=O)N[C@@H](Cc1c[nH]c2cccc(C#N)c12)C(=O)O. The van der Waals surface area contributed by atoms with E-state index in [1.165, 1.54) is 0 Å². The lowest BCUT2D eigenvalue weighted by Gasteiger charge is -2.22. The third-order valence-corrected chi connectivity index (χ3v) is 3.32. The van der Waals surface area contributed by atoms with E-state index in [-0.39, 0.29) is 6.42 Å². The number of hydrogen-bond donors (Lipinski definition) is 3. The number of carboxylic acid groups (broad SMARTS) is 1. The minimum Gasteiger partial charge on any atom is -0.480 e. The Morgan fingerprint density at radius 1 is 1.42 bits per heavy atom. The lowest BCUT2D eigenvalue weighted by atomic mass is 10.0. The van der Waals surface area contributed by atoms with Crippen molar-refractivity contribution >= 4 is 23.0 Å². The number of aromatic nitrogens is 1. The average Bonchev–Trinajstić information content (AvgIpc) is 2.87. The molecule has 24 heavy (non-hydrogen) atoms. The number of ether oxygens (including phenoxy) is 1. The van der Waals surface area contributed by atoms with E-state index in [2.05, 4.69) is 16.4 Å². The van der Waals surface area contributed by atoms with Gasteiger partial charge in [0.05, 0.1) is 11.6 Å². The molecule has 1 amide bonds. The summed E-state index contributed by atoms with van der Waals surface area (Å²) in [6.07, 6.45) is 0.890. The number of carbonyl (C=O) groups excluding carboxylic acids is 1. The minimum atomic E-state index is -1.18. The van der Waals surface area contributed by atoms with Gasteiger partial charge in [0.2, 0.25) is 0 Å². The Hall–Kier alpha value is -3.01. The number of carboxylic acids is 1. The summed E-state index contributed by atoms with van der Waals surface area (Å²) in [6, 6.07) is 6.14. The second-order valence-corrected chi connectivity index (χ2v) is 6.40. The van der Waals surface area contributed by atoms with Crippen LogP contribution in [0.2, 0.25) is 0 Å². The first-order chi connectivity index (χ1) is 11.2. The highest BCUT2D eigenvalue weighted by Gasteiger charge is 2.25. The highest BCUT2D eigenvalue weighted by molar-refractivity contribution is 5.90. The summed E-state index contributed by atoms with van der Waals surface area (Å²) < 4.78 is 5.10. The van der Waals surface area contributed by atoms with E-state index >= 15 is 0 Å². The molecular formula is C17H19N3O4. The fraction of sp³-hybridized carbons (Fsp3) is 0.353. The van der Waals surface area contributed by atoms with Gasteiger partial charge in [-0.2, -0.15) is 5.26 Å². The molecule has 0 saturated carbocycles. The van der Waals surface area contributed by atoms with Gasteiger partial charge in [-0.3, -0.25) is 0 Å². The number of aromatic amines is 1. The number of hydrogen-bond acceptors (Lipinski definition) is 4. The van der Waals surface area contributed by atoms with E-state index in [0.717, 1.165) is 5.52 Å². The van der Waals surface area contributed by atoms with Crippen LogP contribution >= 0.6 is 0 Å². The van der Waals surface area contributed by atoms with Crippen molar-refractivity contribution in [2.24, 2.45) is 0 Å². The number of alkyl carbamates (subject to hydrolysis) is 1. The van der Waals surface area contributed by atoms with Crippen LogP contribution in [0.25, 0.3) is 10.9 Å². The summed E-state index contributed by atoms with van der Waals surface area (Å²) in [7, 11) is 0. The molecule has 0 saturated heterocycles. The minimum absolute atomic E-state index is 0.0350. The van der Waals surface area contributed by atoms with Crippen molar-refractivity contribution in [2.75, 3.05) is 0 Å². The van der Waals surface area contributed by atoms with Crippen molar-refractivity contribution in [1.82, 2.24) is 10.3 Å². The summed E-state index contributed by atoms with van der Waals surface area (Å²) >= 11 is 0. The molecule has 2 aromatic rings. The molecule has 0 radical (unpaired) electrons. The predicted octanol–water partition coefficient (Wildman–Crippen LogP) is 2.56. The zero-order valence-corrected chi connectivity index (χ0v) is 13.7. The number of nitrogens with one attached hydrogen (secondary N) is 2. The molecule has 0 spiro atoms. The summed E-state index contributed by atoms with van der Waals surface area (Å²) in [5.74, 6) is -1.18. The van der Waals surface area contributed by atoms with E-state index in [9.17, 15) is 20.0 Å². The first-order valence-electron chi connectivity index (χ1n) is 7.42. The Kier molecular flexibility index (Phi) is 4.79. The quantitative estimate of drug-likeness (QED) is 0.797. The van der Waals surface area contributed by atoms with Gasteiger partial charge in [0, 0.05) is 23.5 Å². The molecule has 7 heteroatoms. The second-order valence-electron chi connectivity index (χ2n) is 6.40. The van der Waals surface area contributed by atoms with E-state index in [4.69, 9.17) is 4.74 Å². The van der Waals surface area contributed by atoms with E-state index < -0.39 is 23.7 Å². The van der Waals surface area contributed by atoms with Gasteiger partial charge in [-0.25, -0.2) is 9.59 Å². The van der Waals surface area contributed by atoms with Gasteiger partial charge < -0.3 is 20.1 Å². The Morgan fingerprint density at radius 3 is 2.71 bits per heavy atom. The fourth-order valence-corrected chi connectivity index (χ4v) is 2.38. The Balaban J connectivity index is 2.25. The third-order valence-electron chi connectivity index (χ3n) is 3.32. The van der Waals surface area contributed by atoms with Crippen molar-refractivity contribution < 1.29 is 19.4 Å². The van der Waals surface area contributed by atoms with Crippen LogP contribution in [0, 0.1) is 11.3 Å². The maximum atomic E-state index is 11.8. The molecule has 0 bridgehead atoms. The van der Waals surface area contributed by atoms with Crippen molar-refractivity contribution in [1.29, 1.82) is 5.26 Å². The average molecular weight is 329 g/mol. The number of nitriles is 1. The van der Waals surface area contributed by atoms with Crippen LogP contribution in [0.4, 0.5) is 4.79 Å². The van der Waals surface area contributed by atoms with Crippen LogP contribution in [0.3, 0.4) is 0 Å². The number of carbonyl (C=O) groups is 2. The summed E-state index contributed by atoms with van der Waals surface area (Å²) in [4.78, 5) is 26.3. The van der Waals surface area contributed by atoms with Crippen LogP contribution in [-0.4, -0.2) is 33.8 Å². The van der Waals surface area contributed by atoms with Crippen LogP contribution in [-0.2, 0) is 16.0 Å². The molecule has 2 rings (SSSR count). The largest absolute Gasteiger partial charge is 0.480 e. The second kappa shape index (κ2) is 6.62. The van der Waals surface area contributed by atoms with Crippen molar-refractivity contribution in [3.63, 3.8) is 0 Å². The van der Waals surface area contributed by atoms with Crippen LogP contribution < -0.4 is 5.32 Å². The first-order valence-corrected chi connectivity index (χ1v) is 7.42. The summed E-state index contributed by atoms with van der Waals surface area (Å²) in [6.45, 7) is 5.09. The fourth-order valence-electron chi connectivity index (χ4n) is 2.38. The van der Waals surface area contributed by atoms with Gasteiger partial charge >= 0.3 is 12.1 Å². The molecule has 1 atom stereocenters. The number of nitrogens with zero attached hydrogens (tertiary/aromatic N) is 1. The Labute approximate surface area is 139 Å². The molecule has 1 aromatic carbocycles. The zero-order valence-electron chi connectivity index (χ0n) is 13.7. The van der Waals surface area contributed by atoms with Gasteiger partial charge in [-0.15, -0.1) is 0 Å². The highest BCUT2D eigenvalue weighted by Crippen LogP contribution is 2.23. The van der Waals surface area contributed by atoms with Gasteiger partial charge in [0.1, 0.15) is 11.6 Å². The number of rotatable bonds is 4. The number of fused-ring (bicyclic) bond motifs is 1. The van der Waals surface area contributed by atoms with Gasteiger partial charge in [0.25, 0.3) is 0 Å². The van der Waals surface area contributed by atoms with Crippen molar-refractivity contribution in [3.05, 3.63) is 35.5 Å². The molecule has 1 aromatic heterocycles. The number of aliphatic carboxylic acids is 1. The van der Waals surface area contributed by atoms with Crippen molar-refractivity contribution in [3.8, 4) is 6.07 Å². The van der Waals surface area contributed by atoms with Crippen LogP contribution in [0.15, 0.2) is 24.4 Å². The normalized spacial score (nSPS) is 12.4. The maximum absolute atomic E-state index is 11.8.